The first-order valence-electron chi connectivity index (χ1n) is 6.30. The number of aromatic nitrogens is 2. The number of hydrogen-bond acceptors (Lipinski definition) is 2. The van der Waals surface area contributed by atoms with Crippen molar-refractivity contribution in [3.8, 4) is 0 Å². The molecule has 7 heteroatoms. The van der Waals surface area contributed by atoms with Crippen LogP contribution in [0.15, 0.2) is 16.1 Å². The lowest BCUT2D eigenvalue weighted by atomic mass is 10.2. The molecule has 0 aliphatic heterocycles. The molecule has 0 bridgehead atoms. The Bertz CT molecular complexity index is 481. The highest BCUT2D eigenvalue weighted by Crippen LogP contribution is 2.12. The van der Waals surface area contributed by atoms with Gasteiger partial charge in [0.25, 0.3) is 0 Å². The van der Waals surface area contributed by atoms with Crippen molar-refractivity contribution in [1.29, 1.82) is 0 Å². The summed E-state index contributed by atoms with van der Waals surface area (Å²) in [5, 5.41) is 10.8. The van der Waals surface area contributed by atoms with Gasteiger partial charge in [-0.2, -0.15) is 5.10 Å². The highest BCUT2D eigenvalue weighted by molar-refractivity contribution is 14.0. The average molecular weight is 456 g/mol. The molecule has 0 unspecified atom stereocenters. The summed E-state index contributed by atoms with van der Waals surface area (Å²) in [6.07, 6.45) is 0. The molecule has 5 nitrogen and oxygen atoms in total. The van der Waals surface area contributed by atoms with Crippen LogP contribution in [0.25, 0.3) is 0 Å². The Morgan fingerprint density at radius 2 is 2.05 bits per heavy atom. The molecule has 0 aliphatic carbocycles. The quantitative estimate of drug-likeness (QED) is 0.407. The summed E-state index contributed by atoms with van der Waals surface area (Å²) in [5.41, 5.74) is 3.36. The summed E-state index contributed by atoms with van der Waals surface area (Å²) < 4.78 is 2.78. The summed E-state index contributed by atoms with van der Waals surface area (Å²) in [7, 11) is 1.95. The van der Waals surface area contributed by atoms with Gasteiger partial charge in [-0.3, -0.25) is 4.68 Å². The third kappa shape index (κ3) is 5.82. The first-order valence-corrected chi connectivity index (χ1v) is 7.09. The second-order valence-electron chi connectivity index (χ2n) is 4.34. The Hall–Kier alpha value is -0.570. The van der Waals surface area contributed by atoms with Crippen molar-refractivity contribution < 1.29 is 0 Å². The van der Waals surface area contributed by atoms with Gasteiger partial charge in [0.15, 0.2) is 5.96 Å². The van der Waals surface area contributed by atoms with Crippen molar-refractivity contribution in [2.24, 2.45) is 12.0 Å². The molecule has 0 amide bonds. The van der Waals surface area contributed by atoms with Crippen molar-refractivity contribution in [1.82, 2.24) is 20.4 Å². The first kappa shape index (κ1) is 19.4. The third-order valence-corrected chi connectivity index (χ3v) is 3.13. The van der Waals surface area contributed by atoms with Crippen LogP contribution in [0, 0.1) is 13.8 Å². The maximum Gasteiger partial charge on any atom is 0.191 e. The van der Waals surface area contributed by atoms with E-state index in [1.165, 1.54) is 5.56 Å². The number of aryl methyl sites for hydroxylation is 2. The standard InChI is InChI=1S/C13H22BrN5.HI/c1-6-15-13(16-7-9(2)14)17-8-12-10(3)18-19(5)11(12)4;/h2,6-8H2,1,3-5H3,(H2,15,16,17);1H. The van der Waals surface area contributed by atoms with Gasteiger partial charge in [0.1, 0.15) is 0 Å². The van der Waals surface area contributed by atoms with E-state index >= 15 is 0 Å². The van der Waals surface area contributed by atoms with Gasteiger partial charge in [-0.25, -0.2) is 4.99 Å². The lowest BCUT2D eigenvalue weighted by molar-refractivity contribution is 0.730. The molecule has 1 heterocycles. The van der Waals surface area contributed by atoms with Crippen molar-refractivity contribution in [3.05, 3.63) is 28.0 Å². The van der Waals surface area contributed by atoms with Crippen LogP contribution < -0.4 is 10.6 Å². The Morgan fingerprint density at radius 3 is 2.50 bits per heavy atom. The number of hydrogen-bond donors (Lipinski definition) is 2. The van der Waals surface area contributed by atoms with Gasteiger partial charge in [0, 0.05) is 35.9 Å². The molecule has 0 spiro atoms. The molecular weight excluding hydrogens is 433 g/mol. The van der Waals surface area contributed by atoms with E-state index in [0.717, 1.165) is 28.4 Å². The third-order valence-electron chi connectivity index (χ3n) is 2.85. The van der Waals surface area contributed by atoms with E-state index in [1.807, 2.05) is 25.6 Å². The average Bonchev–Trinajstić information content (AvgIpc) is 2.58. The molecule has 0 saturated heterocycles. The minimum Gasteiger partial charge on any atom is -0.357 e. The number of nitrogens with one attached hydrogen (secondary N) is 2. The molecule has 1 rings (SSSR count). The van der Waals surface area contributed by atoms with E-state index < -0.39 is 0 Å². The van der Waals surface area contributed by atoms with E-state index in [1.54, 1.807) is 0 Å². The van der Waals surface area contributed by atoms with E-state index in [9.17, 15) is 0 Å². The molecule has 0 radical (unpaired) electrons. The zero-order valence-electron chi connectivity index (χ0n) is 12.5. The molecule has 2 N–H and O–H groups in total. The van der Waals surface area contributed by atoms with Crippen molar-refractivity contribution >= 4 is 45.9 Å². The van der Waals surface area contributed by atoms with Gasteiger partial charge >= 0.3 is 0 Å². The molecular formula is C13H23BrIN5. The van der Waals surface area contributed by atoms with Crippen LogP contribution in [0.2, 0.25) is 0 Å². The van der Waals surface area contributed by atoms with Crippen LogP contribution in [-0.2, 0) is 13.6 Å². The highest BCUT2D eigenvalue weighted by Gasteiger charge is 2.08. The topological polar surface area (TPSA) is 54.2 Å². The number of aliphatic imine (C=N–C) groups is 1. The van der Waals surface area contributed by atoms with E-state index in [4.69, 9.17) is 0 Å². The zero-order chi connectivity index (χ0) is 14.4. The molecule has 114 valence electrons. The van der Waals surface area contributed by atoms with Gasteiger partial charge in [0.05, 0.1) is 12.2 Å². The van der Waals surface area contributed by atoms with Gasteiger partial charge < -0.3 is 10.6 Å². The lowest BCUT2D eigenvalue weighted by Gasteiger charge is -2.10. The van der Waals surface area contributed by atoms with Crippen LogP contribution in [0.3, 0.4) is 0 Å². The largest absolute Gasteiger partial charge is 0.357 e. The molecule has 0 aliphatic rings. The van der Waals surface area contributed by atoms with Crippen LogP contribution in [0.1, 0.15) is 23.9 Å². The molecule has 0 aromatic carbocycles. The van der Waals surface area contributed by atoms with Gasteiger partial charge in [0.2, 0.25) is 0 Å². The number of nitrogens with zero attached hydrogens (tertiary/aromatic N) is 3. The summed E-state index contributed by atoms with van der Waals surface area (Å²) in [4.78, 5) is 4.57. The fourth-order valence-corrected chi connectivity index (χ4v) is 1.87. The van der Waals surface area contributed by atoms with E-state index in [0.29, 0.717) is 13.1 Å². The second kappa shape index (κ2) is 9.38. The summed E-state index contributed by atoms with van der Waals surface area (Å²) >= 11 is 3.32. The van der Waals surface area contributed by atoms with Gasteiger partial charge in [-0.15, -0.1) is 24.0 Å². The number of guanidine groups is 1. The molecule has 0 fully saturated rings. The lowest BCUT2D eigenvalue weighted by Crippen LogP contribution is -2.37. The molecule has 20 heavy (non-hydrogen) atoms. The number of rotatable bonds is 5. The van der Waals surface area contributed by atoms with Crippen LogP contribution in [0.5, 0.6) is 0 Å². The minimum absolute atomic E-state index is 0. The minimum atomic E-state index is 0. The highest BCUT2D eigenvalue weighted by atomic mass is 127. The van der Waals surface area contributed by atoms with E-state index in [2.05, 4.69) is 50.2 Å². The fraction of sp³-hybridized carbons (Fsp3) is 0.538. The van der Waals surface area contributed by atoms with Crippen LogP contribution in [0.4, 0.5) is 0 Å². The molecule has 1 aromatic rings. The predicted octanol–water partition coefficient (Wildman–Crippen LogP) is 2.62. The van der Waals surface area contributed by atoms with Crippen molar-refractivity contribution in [2.45, 2.75) is 27.3 Å². The van der Waals surface area contributed by atoms with E-state index in [-0.39, 0.29) is 24.0 Å². The number of halogens is 2. The maximum atomic E-state index is 4.57. The van der Waals surface area contributed by atoms with Crippen molar-refractivity contribution in [3.63, 3.8) is 0 Å². The smallest absolute Gasteiger partial charge is 0.191 e. The molecule has 1 aromatic heterocycles. The molecule has 0 saturated carbocycles. The summed E-state index contributed by atoms with van der Waals surface area (Å²) in [6.45, 7) is 12.0. The van der Waals surface area contributed by atoms with Crippen LogP contribution >= 0.6 is 39.9 Å². The maximum absolute atomic E-state index is 4.57. The van der Waals surface area contributed by atoms with Gasteiger partial charge in [-0.05, 0) is 20.8 Å². The summed E-state index contributed by atoms with van der Waals surface area (Å²) in [6, 6.07) is 0. The fourth-order valence-electron chi connectivity index (χ4n) is 1.73. The van der Waals surface area contributed by atoms with Crippen molar-refractivity contribution in [2.75, 3.05) is 13.1 Å². The first-order chi connectivity index (χ1) is 8.95. The summed E-state index contributed by atoms with van der Waals surface area (Å²) in [5.74, 6) is 0.783. The predicted molar refractivity (Wildman–Crippen MR) is 99.0 cm³/mol. The second-order valence-corrected chi connectivity index (χ2v) is 5.46. The molecule has 0 atom stereocenters. The Morgan fingerprint density at radius 1 is 1.40 bits per heavy atom. The van der Waals surface area contributed by atoms with Gasteiger partial charge in [-0.1, -0.05) is 22.5 Å². The zero-order valence-corrected chi connectivity index (χ0v) is 16.4. The Balaban J connectivity index is 0.00000361. The SMILES string of the molecule is C=C(Br)CNC(=NCc1c(C)nn(C)c1C)NCC.I. The normalized spacial score (nSPS) is 10.9. The monoisotopic (exact) mass is 455 g/mol. The Labute approximate surface area is 146 Å². The van der Waals surface area contributed by atoms with Crippen LogP contribution in [-0.4, -0.2) is 28.8 Å². The Kier molecular flexibility index (Phi) is 9.11.